The van der Waals surface area contributed by atoms with Gasteiger partial charge >= 0.3 is 0 Å². The van der Waals surface area contributed by atoms with Gasteiger partial charge in [0.25, 0.3) is 0 Å². The Balaban J connectivity index is 1.51. The summed E-state index contributed by atoms with van der Waals surface area (Å²) >= 11 is 0. The molecular formula is C18H23N5. The van der Waals surface area contributed by atoms with Crippen LogP contribution in [0.4, 0.5) is 11.8 Å². The number of nitrogens with zero attached hydrogens (tertiary/aromatic N) is 5. The molecule has 0 saturated carbocycles. The maximum Gasteiger partial charge on any atom is 0.225 e. The van der Waals surface area contributed by atoms with Gasteiger partial charge in [0.2, 0.25) is 5.95 Å². The molecule has 1 spiro atoms. The zero-order chi connectivity index (χ0) is 15.7. The lowest BCUT2D eigenvalue weighted by Crippen LogP contribution is -2.45. The van der Waals surface area contributed by atoms with Crippen LogP contribution in [-0.4, -0.2) is 41.1 Å². The molecule has 2 aliphatic rings. The summed E-state index contributed by atoms with van der Waals surface area (Å²) < 4.78 is 0. The van der Waals surface area contributed by atoms with E-state index < -0.39 is 0 Å². The summed E-state index contributed by atoms with van der Waals surface area (Å²) in [5, 5.41) is 0. The molecule has 5 nitrogen and oxygen atoms in total. The molecule has 2 aliphatic heterocycles. The molecule has 23 heavy (non-hydrogen) atoms. The minimum absolute atomic E-state index is 0.350. The zero-order valence-corrected chi connectivity index (χ0v) is 13.6. The fraction of sp³-hybridized carbons (Fsp3) is 0.500. The molecule has 2 saturated heterocycles. The van der Waals surface area contributed by atoms with E-state index in [0.717, 1.165) is 43.6 Å². The lowest BCUT2D eigenvalue weighted by atomic mass is 9.79. The summed E-state index contributed by atoms with van der Waals surface area (Å²) in [5.74, 6) is 1.99. The van der Waals surface area contributed by atoms with Crippen LogP contribution >= 0.6 is 0 Å². The second-order valence-corrected chi connectivity index (χ2v) is 6.88. The molecule has 0 aromatic carbocycles. The Morgan fingerprint density at radius 1 is 0.957 bits per heavy atom. The molecule has 5 heteroatoms. The van der Waals surface area contributed by atoms with Crippen LogP contribution in [0.3, 0.4) is 0 Å². The highest BCUT2D eigenvalue weighted by Gasteiger charge is 2.42. The van der Waals surface area contributed by atoms with E-state index in [1.807, 2.05) is 18.5 Å². The summed E-state index contributed by atoms with van der Waals surface area (Å²) in [6, 6.07) is 8.18. The number of hydrogen-bond donors (Lipinski definition) is 0. The molecule has 4 rings (SSSR count). The highest BCUT2D eigenvalue weighted by molar-refractivity contribution is 5.42. The van der Waals surface area contributed by atoms with Crippen LogP contribution in [0.2, 0.25) is 0 Å². The molecule has 0 aliphatic carbocycles. The number of hydrogen-bond acceptors (Lipinski definition) is 5. The molecule has 1 atom stereocenters. The topological polar surface area (TPSA) is 45.2 Å². The van der Waals surface area contributed by atoms with Gasteiger partial charge in [0.1, 0.15) is 5.82 Å². The van der Waals surface area contributed by atoms with Gasteiger partial charge in [-0.05, 0) is 44.4 Å². The average Bonchev–Trinajstić information content (AvgIpc) is 2.99. The van der Waals surface area contributed by atoms with Crippen LogP contribution in [-0.2, 0) is 0 Å². The van der Waals surface area contributed by atoms with E-state index >= 15 is 0 Å². The third-order valence-corrected chi connectivity index (χ3v) is 5.13. The fourth-order valence-electron chi connectivity index (χ4n) is 4.00. The molecule has 4 heterocycles. The van der Waals surface area contributed by atoms with Gasteiger partial charge in [-0.15, -0.1) is 0 Å². The van der Waals surface area contributed by atoms with Crippen molar-refractivity contribution in [2.75, 3.05) is 36.0 Å². The first kappa shape index (κ1) is 14.4. The van der Waals surface area contributed by atoms with E-state index in [1.54, 1.807) is 0 Å². The molecule has 0 N–H and O–H groups in total. The number of aromatic nitrogens is 3. The van der Waals surface area contributed by atoms with Crippen LogP contribution < -0.4 is 9.80 Å². The average molecular weight is 309 g/mol. The summed E-state index contributed by atoms with van der Waals surface area (Å²) in [4.78, 5) is 18.4. The summed E-state index contributed by atoms with van der Waals surface area (Å²) in [5.41, 5.74) is 1.44. The lowest BCUT2D eigenvalue weighted by Gasteiger charge is -2.40. The maximum atomic E-state index is 4.70. The number of aryl methyl sites for hydroxylation is 1. The quantitative estimate of drug-likeness (QED) is 0.853. The van der Waals surface area contributed by atoms with Gasteiger partial charge < -0.3 is 9.80 Å². The predicted molar refractivity (Wildman–Crippen MR) is 91.7 cm³/mol. The second kappa shape index (κ2) is 5.80. The van der Waals surface area contributed by atoms with Gasteiger partial charge in [0.05, 0.1) is 0 Å². The van der Waals surface area contributed by atoms with Crippen molar-refractivity contribution in [3.8, 4) is 0 Å². The van der Waals surface area contributed by atoms with E-state index in [2.05, 4.69) is 44.9 Å². The standard InChI is InChI=1S/C18H23N5/c1-15-5-2-6-16(21-15)22-12-8-18(13-22)7-3-11-23(14-18)17-19-9-4-10-20-17/h2,4-6,9-10H,3,7-8,11-14H2,1H3/t18-/m1/s1. The zero-order valence-electron chi connectivity index (χ0n) is 13.6. The fourth-order valence-corrected chi connectivity index (χ4v) is 4.00. The van der Waals surface area contributed by atoms with Crippen LogP contribution in [0.15, 0.2) is 36.7 Å². The molecule has 2 aromatic heterocycles. The predicted octanol–water partition coefficient (Wildman–Crippen LogP) is 2.68. The van der Waals surface area contributed by atoms with Crippen LogP contribution in [0.5, 0.6) is 0 Å². The molecule has 0 bridgehead atoms. The van der Waals surface area contributed by atoms with Crippen molar-refractivity contribution in [1.29, 1.82) is 0 Å². The van der Waals surface area contributed by atoms with Crippen molar-refractivity contribution < 1.29 is 0 Å². The highest BCUT2D eigenvalue weighted by Crippen LogP contribution is 2.40. The summed E-state index contributed by atoms with van der Waals surface area (Å²) in [7, 11) is 0. The van der Waals surface area contributed by atoms with E-state index in [0.29, 0.717) is 5.41 Å². The Morgan fingerprint density at radius 2 is 1.78 bits per heavy atom. The van der Waals surface area contributed by atoms with Crippen molar-refractivity contribution in [3.05, 3.63) is 42.4 Å². The molecule has 2 aromatic rings. The van der Waals surface area contributed by atoms with Gasteiger partial charge in [-0.25, -0.2) is 15.0 Å². The first-order valence-corrected chi connectivity index (χ1v) is 8.45. The Hall–Kier alpha value is -2.17. The Morgan fingerprint density at radius 3 is 2.61 bits per heavy atom. The Labute approximate surface area is 137 Å². The lowest BCUT2D eigenvalue weighted by molar-refractivity contribution is 0.262. The monoisotopic (exact) mass is 309 g/mol. The van der Waals surface area contributed by atoms with Crippen molar-refractivity contribution in [1.82, 2.24) is 15.0 Å². The largest absolute Gasteiger partial charge is 0.356 e. The maximum absolute atomic E-state index is 4.70. The molecule has 0 radical (unpaired) electrons. The van der Waals surface area contributed by atoms with Gasteiger partial charge in [-0.2, -0.15) is 0 Å². The molecule has 0 amide bonds. The van der Waals surface area contributed by atoms with E-state index in [1.165, 1.54) is 19.3 Å². The SMILES string of the molecule is Cc1cccc(N2CC[C@]3(CCCN(c4ncccn4)C3)C2)n1. The third kappa shape index (κ3) is 2.87. The molecule has 2 fully saturated rings. The molecule has 0 unspecified atom stereocenters. The number of rotatable bonds is 2. The number of pyridine rings is 1. The van der Waals surface area contributed by atoms with Gasteiger partial charge in [0, 0.05) is 49.7 Å². The minimum Gasteiger partial charge on any atom is -0.356 e. The van der Waals surface area contributed by atoms with Crippen LogP contribution in [0.25, 0.3) is 0 Å². The molecular weight excluding hydrogens is 286 g/mol. The van der Waals surface area contributed by atoms with Gasteiger partial charge in [-0.3, -0.25) is 0 Å². The number of piperidine rings is 1. The van der Waals surface area contributed by atoms with E-state index in [9.17, 15) is 0 Å². The van der Waals surface area contributed by atoms with Crippen molar-refractivity contribution in [2.45, 2.75) is 26.2 Å². The summed E-state index contributed by atoms with van der Waals surface area (Å²) in [6.45, 7) is 6.37. The second-order valence-electron chi connectivity index (χ2n) is 6.88. The molecule has 120 valence electrons. The highest BCUT2D eigenvalue weighted by atomic mass is 15.3. The Bertz CT molecular complexity index is 674. The first-order valence-electron chi connectivity index (χ1n) is 8.45. The van der Waals surface area contributed by atoms with Crippen molar-refractivity contribution in [3.63, 3.8) is 0 Å². The third-order valence-electron chi connectivity index (χ3n) is 5.13. The van der Waals surface area contributed by atoms with Gasteiger partial charge in [-0.1, -0.05) is 6.07 Å². The normalized spacial score (nSPS) is 24.4. The van der Waals surface area contributed by atoms with E-state index in [4.69, 9.17) is 4.98 Å². The smallest absolute Gasteiger partial charge is 0.225 e. The van der Waals surface area contributed by atoms with Crippen LogP contribution in [0, 0.1) is 12.3 Å². The number of anilines is 2. The van der Waals surface area contributed by atoms with E-state index in [-0.39, 0.29) is 0 Å². The summed E-state index contributed by atoms with van der Waals surface area (Å²) in [6.07, 6.45) is 7.40. The minimum atomic E-state index is 0.350. The first-order chi connectivity index (χ1) is 11.2. The van der Waals surface area contributed by atoms with Crippen molar-refractivity contribution in [2.24, 2.45) is 5.41 Å². The van der Waals surface area contributed by atoms with Crippen molar-refractivity contribution >= 4 is 11.8 Å². The van der Waals surface area contributed by atoms with Crippen LogP contribution in [0.1, 0.15) is 25.0 Å². The van der Waals surface area contributed by atoms with Gasteiger partial charge in [0.15, 0.2) is 0 Å². The Kier molecular flexibility index (Phi) is 3.63.